The number of methoxy groups -OCH3 is 2. The number of carboxylic acid groups (broad SMARTS) is 1. The second kappa shape index (κ2) is 9.38. The highest BCUT2D eigenvalue weighted by Crippen LogP contribution is 2.45. The van der Waals surface area contributed by atoms with E-state index in [0.717, 1.165) is 6.61 Å². The predicted molar refractivity (Wildman–Crippen MR) is 58.3 cm³/mol. The van der Waals surface area contributed by atoms with Gasteiger partial charge in [-0.1, -0.05) is 0 Å². The second-order valence-corrected chi connectivity index (χ2v) is 8.84. The molecule has 0 N–H and O–H groups in total. The zero-order valence-corrected chi connectivity index (χ0v) is 10.6. The van der Waals surface area contributed by atoms with Gasteiger partial charge in [-0.15, -0.1) is 0 Å². The van der Waals surface area contributed by atoms with Gasteiger partial charge in [0.25, 0.3) is 0 Å². The van der Waals surface area contributed by atoms with E-state index in [1.54, 1.807) is 7.11 Å². The average Bonchev–Trinajstić information content (AvgIpc) is 2.00. The Morgan fingerprint density at radius 1 is 1.21 bits per heavy atom. The molecule has 0 amide bonds. The van der Waals surface area contributed by atoms with Crippen LogP contribution in [0.2, 0.25) is 0 Å². The minimum Gasteiger partial charge on any atom is -0.548 e. The van der Waals surface area contributed by atoms with E-state index in [0.29, 0.717) is 0 Å². The molecule has 0 spiro atoms. The Kier molecular flexibility index (Phi) is 10.9. The topological polar surface area (TPSA) is 58.6 Å². The fourth-order valence-electron chi connectivity index (χ4n) is 0.483. The van der Waals surface area contributed by atoms with Crippen LogP contribution in [0.5, 0.6) is 0 Å². The Bertz CT molecular complexity index is 142. The highest BCUT2D eigenvalue weighted by molar-refractivity contribution is 7.73. The monoisotopic (exact) mass is 224 g/mol. The van der Waals surface area contributed by atoms with Crippen molar-refractivity contribution < 1.29 is 19.4 Å². The maximum atomic E-state index is 9.36. The smallest absolute Gasteiger partial charge is 0.0857 e. The first-order chi connectivity index (χ1) is 6.33. The van der Waals surface area contributed by atoms with Crippen molar-refractivity contribution in [1.82, 2.24) is 0 Å². The molecule has 0 aromatic heterocycles. The van der Waals surface area contributed by atoms with E-state index in [-0.39, 0.29) is 6.61 Å². The molecule has 0 bridgehead atoms. The normalized spacial score (nSPS) is 10.4. The molecule has 0 unspecified atom stereocenters. The van der Waals surface area contributed by atoms with Crippen LogP contribution >= 0.6 is 7.26 Å². The molecule has 0 aliphatic heterocycles. The highest BCUT2D eigenvalue weighted by atomic mass is 31.2. The summed E-state index contributed by atoms with van der Waals surface area (Å²) in [5, 5.41) is 9.36. The summed E-state index contributed by atoms with van der Waals surface area (Å²) in [6.45, 7) is 7.58. The van der Waals surface area contributed by atoms with Gasteiger partial charge < -0.3 is 19.4 Å². The lowest BCUT2D eigenvalue weighted by molar-refractivity contribution is -0.309. The lowest BCUT2D eigenvalue weighted by atomic mass is 10.8. The Morgan fingerprint density at radius 2 is 1.71 bits per heavy atom. The minimum atomic E-state index is -1.18. The maximum Gasteiger partial charge on any atom is 0.0857 e. The first kappa shape index (κ1) is 16.3. The van der Waals surface area contributed by atoms with Gasteiger partial charge in [-0.2, -0.15) is 0 Å². The number of aliphatic carboxylic acids is 1. The fraction of sp³-hybridized carbons (Fsp3) is 0.889. The summed E-state index contributed by atoms with van der Waals surface area (Å²) in [4.78, 5) is 9.36. The zero-order chi connectivity index (χ0) is 11.6. The molecule has 0 aliphatic rings. The number of ether oxygens (including phenoxy) is 2. The van der Waals surface area contributed by atoms with Crippen LogP contribution in [0.4, 0.5) is 0 Å². The van der Waals surface area contributed by atoms with Crippen molar-refractivity contribution in [2.24, 2.45) is 0 Å². The van der Waals surface area contributed by atoms with Crippen molar-refractivity contribution >= 4 is 13.2 Å². The van der Waals surface area contributed by atoms with Gasteiger partial charge in [0.05, 0.1) is 25.3 Å². The molecule has 14 heavy (non-hydrogen) atoms. The number of carbonyl (C=O) groups is 1. The van der Waals surface area contributed by atoms with Crippen LogP contribution < -0.4 is 5.11 Å². The Labute approximate surface area is 86.9 Å². The third-order valence-electron chi connectivity index (χ3n) is 1.23. The fourth-order valence-corrected chi connectivity index (χ4v) is 1.21. The molecular formula is C9H21O4P. The van der Waals surface area contributed by atoms with Crippen LogP contribution in [-0.2, 0) is 14.3 Å². The van der Waals surface area contributed by atoms with Crippen LogP contribution in [0.15, 0.2) is 0 Å². The minimum absolute atomic E-state index is 0.319. The molecule has 86 valence electrons. The standard InChI is InChI=1S/C6H16OP.C3H6O3/c1-7-5-6-8(2,3)4;1-6-2-3(4)5/h5-6H2,1-4H3;2H2,1H3,(H,4,5)/q+1;/p-1. The van der Waals surface area contributed by atoms with E-state index < -0.39 is 13.2 Å². The summed E-state index contributed by atoms with van der Waals surface area (Å²) in [6.07, 6.45) is 1.25. The molecule has 0 saturated heterocycles. The van der Waals surface area contributed by atoms with Crippen molar-refractivity contribution in [3.05, 3.63) is 0 Å². The molecule has 4 nitrogen and oxygen atoms in total. The maximum absolute atomic E-state index is 9.36. The number of rotatable bonds is 5. The van der Waals surface area contributed by atoms with E-state index in [1.165, 1.54) is 13.3 Å². The molecule has 0 aliphatic carbocycles. The van der Waals surface area contributed by atoms with Crippen LogP contribution in [0.3, 0.4) is 0 Å². The second-order valence-electron chi connectivity index (χ2n) is 3.81. The lowest BCUT2D eigenvalue weighted by Gasteiger charge is -2.09. The molecule has 0 rings (SSSR count). The van der Waals surface area contributed by atoms with E-state index >= 15 is 0 Å². The Morgan fingerprint density at radius 3 is 1.79 bits per heavy atom. The molecule has 0 heterocycles. The van der Waals surface area contributed by atoms with Crippen LogP contribution in [0.1, 0.15) is 0 Å². The average molecular weight is 224 g/mol. The van der Waals surface area contributed by atoms with Crippen molar-refractivity contribution in [1.29, 1.82) is 0 Å². The third-order valence-corrected chi connectivity index (χ3v) is 2.75. The number of hydrogen-bond donors (Lipinski definition) is 0. The number of carbonyl (C=O) groups excluding carboxylic acids is 1. The van der Waals surface area contributed by atoms with Gasteiger partial charge in [0.1, 0.15) is 0 Å². The van der Waals surface area contributed by atoms with Crippen molar-refractivity contribution in [3.63, 3.8) is 0 Å². The van der Waals surface area contributed by atoms with Gasteiger partial charge in [-0.05, 0) is 0 Å². The summed E-state index contributed by atoms with van der Waals surface area (Å²) in [5.74, 6) is -1.18. The molecule has 0 aromatic rings. The molecular weight excluding hydrogens is 203 g/mol. The van der Waals surface area contributed by atoms with Gasteiger partial charge in [0.2, 0.25) is 0 Å². The van der Waals surface area contributed by atoms with Gasteiger partial charge >= 0.3 is 0 Å². The predicted octanol–water partition coefficient (Wildman–Crippen LogP) is -0.0775. The summed E-state index contributed by atoms with van der Waals surface area (Å²) >= 11 is 0. The van der Waals surface area contributed by atoms with Crippen LogP contribution in [0.25, 0.3) is 0 Å². The van der Waals surface area contributed by atoms with Crippen molar-refractivity contribution in [3.8, 4) is 0 Å². The van der Waals surface area contributed by atoms with E-state index in [9.17, 15) is 9.90 Å². The largest absolute Gasteiger partial charge is 0.548 e. The van der Waals surface area contributed by atoms with E-state index in [2.05, 4.69) is 24.7 Å². The number of hydrogen-bond acceptors (Lipinski definition) is 4. The summed E-state index contributed by atoms with van der Waals surface area (Å²) < 4.78 is 9.09. The van der Waals surface area contributed by atoms with E-state index in [4.69, 9.17) is 4.74 Å². The summed E-state index contributed by atoms with van der Waals surface area (Å²) in [5.41, 5.74) is 0. The summed E-state index contributed by atoms with van der Waals surface area (Å²) in [7, 11) is 2.50. The molecule has 0 atom stereocenters. The molecule has 0 saturated carbocycles. The van der Waals surface area contributed by atoms with Gasteiger partial charge in [-0.3, -0.25) is 0 Å². The third kappa shape index (κ3) is 22.6. The van der Waals surface area contributed by atoms with Gasteiger partial charge in [0, 0.05) is 41.5 Å². The molecule has 5 heteroatoms. The van der Waals surface area contributed by atoms with Gasteiger partial charge in [-0.25, -0.2) is 0 Å². The highest BCUT2D eigenvalue weighted by Gasteiger charge is 2.15. The zero-order valence-electron chi connectivity index (χ0n) is 9.70. The van der Waals surface area contributed by atoms with Crippen molar-refractivity contribution in [2.75, 3.05) is 53.6 Å². The van der Waals surface area contributed by atoms with E-state index in [1.807, 2.05) is 0 Å². The summed E-state index contributed by atoms with van der Waals surface area (Å²) in [6, 6.07) is 0. The van der Waals surface area contributed by atoms with Crippen molar-refractivity contribution in [2.45, 2.75) is 0 Å². The SMILES string of the molecule is COCC(=O)[O-].COCC[P+](C)(C)C. The Balaban J connectivity index is 0. The van der Waals surface area contributed by atoms with Crippen LogP contribution in [0, 0.1) is 0 Å². The number of carboxylic acids is 1. The first-order valence-electron chi connectivity index (χ1n) is 4.31. The quantitative estimate of drug-likeness (QED) is 0.613. The first-order valence-corrected chi connectivity index (χ1v) is 7.63. The van der Waals surface area contributed by atoms with Crippen LogP contribution in [-0.4, -0.2) is 59.6 Å². The Hall–Kier alpha value is -0.180. The molecule has 0 fully saturated rings. The molecule has 0 radical (unpaired) electrons. The molecule has 0 aromatic carbocycles. The van der Waals surface area contributed by atoms with Gasteiger partial charge in [0.15, 0.2) is 0 Å². The lowest BCUT2D eigenvalue weighted by Crippen LogP contribution is -2.26.